The Morgan fingerprint density at radius 3 is 2.93 bits per heavy atom. The van der Waals surface area contributed by atoms with Crippen molar-refractivity contribution in [3.63, 3.8) is 0 Å². The molecular formula is C11H21NO2. The lowest BCUT2D eigenvalue weighted by atomic mass is 9.97. The van der Waals surface area contributed by atoms with E-state index in [2.05, 4.69) is 4.90 Å². The molecule has 0 radical (unpaired) electrons. The summed E-state index contributed by atoms with van der Waals surface area (Å²) in [6, 6.07) is 0.798. The zero-order valence-electron chi connectivity index (χ0n) is 9.04. The number of nitrogens with zero attached hydrogens (tertiary/aromatic N) is 1. The fourth-order valence-corrected chi connectivity index (χ4v) is 2.39. The minimum Gasteiger partial charge on any atom is -0.389 e. The SMILES string of the molecule is COCCCC1(O)CCN(C2CC2)C1. The minimum absolute atomic E-state index is 0.416. The molecule has 14 heavy (non-hydrogen) atoms. The Labute approximate surface area is 86.0 Å². The predicted octanol–water partition coefficient (Wildman–Crippen LogP) is 1.01. The van der Waals surface area contributed by atoms with E-state index in [-0.39, 0.29) is 0 Å². The molecule has 1 saturated heterocycles. The maximum absolute atomic E-state index is 10.3. The van der Waals surface area contributed by atoms with Crippen LogP contribution in [0.3, 0.4) is 0 Å². The van der Waals surface area contributed by atoms with Gasteiger partial charge in [-0.2, -0.15) is 0 Å². The second-order valence-corrected chi connectivity index (χ2v) is 4.77. The molecule has 1 N–H and O–H groups in total. The summed E-state index contributed by atoms with van der Waals surface area (Å²) in [6.45, 7) is 2.75. The standard InChI is InChI=1S/C11H21NO2/c1-14-8-2-5-11(13)6-7-12(9-11)10-3-4-10/h10,13H,2-9H2,1H3. The van der Waals surface area contributed by atoms with E-state index in [4.69, 9.17) is 4.74 Å². The normalized spacial score (nSPS) is 33.9. The molecule has 0 bridgehead atoms. The van der Waals surface area contributed by atoms with Gasteiger partial charge >= 0.3 is 0 Å². The van der Waals surface area contributed by atoms with Crippen LogP contribution in [0.4, 0.5) is 0 Å². The number of ether oxygens (including phenoxy) is 1. The summed E-state index contributed by atoms with van der Waals surface area (Å²) < 4.78 is 5.01. The van der Waals surface area contributed by atoms with Crippen molar-refractivity contribution in [2.45, 2.75) is 43.7 Å². The highest BCUT2D eigenvalue weighted by Crippen LogP contribution is 2.35. The third-order valence-corrected chi connectivity index (χ3v) is 3.42. The molecule has 2 rings (SSSR count). The highest BCUT2D eigenvalue weighted by molar-refractivity contribution is 4.96. The molecule has 3 nitrogen and oxygen atoms in total. The quantitative estimate of drug-likeness (QED) is 0.671. The van der Waals surface area contributed by atoms with Gasteiger partial charge < -0.3 is 9.84 Å². The Kier molecular flexibility index (Phi) is 3.10. The smallest absolute Gasteiger partial charge is 0.0787 e. The molecule has 1 aliphatic heterocycles. The Bertz CT molecular complexity index is 194. The van der Waals surface area contributed by atoms with Gasteiger partial charge in [0.1, 0.15) is 0 Å². The van der Waals surface area contributed by atoms with Gasteiger partial charge in [0, 0.05) is 32.8 Å². The highest BCUT2D eigenvalue weighted by Gasteiger charge is 2.41. The van der Waals surface area contributed by atoms with E-state index < -0.39 is 5.60 Å². The monoisotopic (exact) mass is 199 g/mol. The molecule has 2 fully saturated rings. The van der Waals surface area contributed by atoms with Crippen LogP contribution in [0.2, 0.25) is 0 Å². The van der Waals surface area contributed by atoms with Crippen molar-refractivity contribution in [3.05, 3.63) is 0 Å². The van der Waals surface area contributed by atoms with Crippen LogP contribution < -0.4 is 0 Å². The molecule has 2 aliphatic rings. The van der Waals surface area contributed by atoms with Crippen LogP contribution in [-0.4, -0.2) is 48.5 Å². The predicted molar refractivity (Wildman–Crippen MR) is 55.3 cm³/mol. The molecule has 0 spiro atoms. The summed E-state index contributed by atoms with van der Waals surface area (Å²) >= 11 is 0. The second-order valence-electron chi connectivity index (χ2n) is 4.77. The lowest BCUT2D eigenvalue weighted by Gasteiger charge is -2.23. The molecule has 0 amide bonds. The molecule has 1 aliphatic carbocycles. The number of rotatable bonds is 5. The van der Waals surface area contributed by atoms with Gasteiger partial charge in [-0.25, -0.2) is 0 Å². The number of hydrogen-bond donors (Lipinski definition) is 1. The lowest BCUT2D eigenvalue weighted by Crippen LogP contribution is -2.34. The molecule has 1 atom stereocenters. The van der Waals surface area contributed by atoms with Crippen LogP contribution in [0.5, 0.6) is 0 Å². The van der Waals surface area contributed by atoms with Crippen LogP contribution in [0.25, 0.3) is 0 Å². The molecule has 1 unspecified atom stereocenters. The number of methoxy groups -OCH3 is 1. The van der Waals surface area contributed by atoms with E-state index in [0.717, 1.165) is 45.0 Å². The van der Waals surface area contributed by atoms with Crippen LogP contribution >= 0.6 is 0 Å². The Hall–Kier alpha value is -0.120. The van der Waals surface area contributed by atoms with E-state index in [9.17, 15) is 5.11 Å². The first-order chi connectivity index (χ1) is 6.73. The van der Waals surface area contributed by atoms with Crippen molar-refractivity contribution in [1.82, 2.24) is 4.90 Å². The van der Waals surface area contributed by atoms with Crippen molar-refractivity contribution >= 4 is 0 Å². The van der Waals surface area contributed by atoms with Gasteiger partial charge in [-0.05, 0) is 32.1 Å². The Morgan fingerprint density at radius 2 is 2.29 bits per heavy atom. The fraction of sp³-hybridized carbons (Fsp3) is 1.00. The van der Waals surface area contributed by atoms with Gasteiger partial charge in [-0.15, -0.1) is 0 Å². The molecule has 0 aromatic carbocycles. The zero-order chi connectivity index (χ0) is 10.0. The maximum atomic E-state index is 10.3. The average molecular weight is 199 g/mol. The van der Waals surface area contributed by atoms with Gasteiger partial charge in [0.15, 0.2) is 0 Å². The van der Waals surface area contributed by atoms with E-state index in [1.54, 1.807) is 7.11 Å². The summed E-state index contributed by atoms with van der Waals surface area (Å²) in [5.41, 5.74) is -0.416. The molecule has 0 aromatic heterocycles. The number of β-amino-alcohol motifs (C(OH)–C–C–N with tert-alkyl or cyclic N) is 1. The van der Waals surface area contributed by atoms with E-state index in [1.807, 2.05) is 0 Å². The zero-order valence-corrected chi connectivity index (χ0v) is 9.04. The maximum Gasteiger partial charge on any atom is 0.0787 e. The lowest BCUT2D eigenvalue weighted by molar-refractivity contribution is 0.0306. The molecule has 82 valence electrons. The van der Waals surface area contributed by atoms with Gasteiger partial charge in [-0.1, -0.05) is 0 Å². The number of hydrogen-bond acceptors (Lipinski definition) is 3. The largest absolute Gasteiger partial charge is 0.389 e. The summed E-state index contributed by atoms with van der Waals surface area (Å²) in [6.07, 6.45) is 5.51. The molecule has 1 saturated carbocycles. The highest BCUT2D eigenvalue weighted by atomic mass is 16.5. The summed E-state index contributed by atoms with van der Waals surface area (Å²) in [5, 5.41) is 10.3. The van der Waals surface area contributed by atoms with Crippen LogP contribution in [0.15, 0.2) is 0 Å². The van der Waals surface area contributed by atoms with Gasteiger partial charge in [0.05, 0.1) is 5.60 Å². The fourth-order valence-electron chi connectivity index (χ4n) is 2.39. The number of likely N-dealkylation sites (tertiary alicyclic amines) is 1. The minimum atomic E-state index is -0.416. The van der Waals surface area contributed by atoms with Crippen molar-refractivity contribution in [3.8, 4) is 0 Å². The average Bonchev–Trinajstić information content (AvgIpc) is 2.92. The van der Waals surface area contributed by atoms with Gasteiger partial charge in [0.2, 0.25) is 0 Å². The van der Waals surface area contributed by atoms with Gasteiger partial charge in [0.25, 0.3) is 0 Å². The third-order valence-electron chi connectivity index (χ3n) is 3.42. The molecule has 0 aromatic rings. The van der Waals surface area contributed by atoms with E-state index >= 15 is 0 Å². The van der Waals surface area contributed by atoms with Crippen LogP contribution in [0.1, 0.15) is 32.1 Å². The summed E-state index contributed by atoms with van der Waals surface area (Å²) in [4.78, 5) is 2.45. The molecular weight excluding hydrogens is 178 g/mol. The van der Waals surface area contributed by atoms with E-state index in [1.165, 1.54) is 12.8 Å². The van der Waals surface area contributed by atoms with Gasteiger partial charge in [-0.3, -0.25) is 4.90 Å². The summed E-state index contributed by atoms with van der Waals surface area (Å²) in [5.74, 6) is 0. The molecule has 1 heterocycles. The Balaban J connectivity index is 1.73. The Morgan fingerprint density at radius 1 is 1.50 bits per heavy atom. The first-order valence-corrected chi connectivity index (χ1v) is 5.69. The van der Waals surface area contributed by atoms with Crippen molar-refractivity contribution in [2.24, 2.45) is 0 Å². The molecule has 3 heteroatoms. The van der Waals surface area contributed by atoms with Crippen molar-refractivity contribution in [2.75, 3.05) is 26.8 Å². The summed E-state index contributed by atoms with van der Waals surface area (Å²) in [7, 11) is 1.72. The van der Waals surface area contributed by atoms with Crippen LogP contribution in [-0.2, 0) is 4.74 Å². The van der Waals surface area contributed by atoms with Crippen molar-refractivity contribution in [1.29, 1.82) is 0 Å². The first-order valence-electron chi connectivity index (χ1n) is 5.69. The van der Waals surface area contributed by atoms with Crippen LogP contribution in [0, 0.1) is 0 Å². The topological polar surface area (TPSA) is 32.7 Å². The second kappa shape index (κ2) is 4.17. The third kappa shape index (κ3) is 2.47. The number of aliphatic hydroxyl groups is 1. The first kappa shape index (κ1) is 10.4. The van der Waals surface area contributed by atoms with Crippen molar-refractivity contribution < 1.29 is 9.84 Å². The van der Waals surface area contributed by atoms with E-state index in [0.29, 0.717) is 0 Å².